The van der Waals surface area contributed by atoms with E-state index in [0.717, 1.165) is 13.1 Å². The molecule has 1 saturated heterocycles. The van der Waals surface area contributed by atoms with E-state index < -0.39 is 0 Å². The largest absolute Gasteiger partial charge is 0.326 e. The van der Waals surface area contributed by atoms with Gasteiger partial charge in [0.1, 0.15) is 0 Å². The van der Waals surface area contributed by atoms with Crippen molar-refractivity contribution in [2.45, 2.75) is 39.7 Å². The van der Waals surface area contributed by atoms with Crippen LogP contribution in [0.25, 0.3) is 0 Å². The summed E-state index contributed by atoms with van der Waals surface area (Å²) in [6.45, 7) is 9.90. The van der Waals surface area contributed by atoms with Crippen LogP contribution in [0.2, 0.25) is 0 Å². The molecular weight excluding hydrogens is 136 g/mol. The molecule has 2 nitrogen and oxygen atoms in total. The van der Waals surface area contributed by atoms with Gasteiger partial charge in [-0.15, -0.1) is 0 Å². The molecule has 0 amide bonds. The lowest BCUT2D eigenvalue weighted by atomic mass is 10.3. The molecule has 0 aromatic rings. The number of nitrogens with zero attached hydrogens (tertiary/aromatic N) is 1. The Bertz CT molecular complexity index is 83.6. The van der Waals surface area contributed by atoms with Crippen molar-refractivity contribution in [1.82, 2.24) is 4.90 Å². The quantitative estimate of drug-likeness (QED) is 0.626. The summed E-state index contributed by atoms with van der Waals surface area (Å²) in [7, 11) is 0. The Hall–Kier alpha value is -0.0800. The van der Waals surface area contributed by atoms with E-state index in [0.29, 0.717) is 6.04 Å². The summed E-state index contributed by atoms with van der Waals surface area (Å²) in [6, 6.07) is 0.454. The highest BCUT2D eigenvalue weighted by atomic mass is 15.2. The van der Waals surface area contributed by atoms with E-state index in [2.05, 4.69) is 25.7 Å². The smallest absolute Gasteiger partial charge is 0.0180 e. The van der Waals surface area contributed by atoms with Crippen LogP contribution >= 0.6 is 0 Å². The number of likely N-dealkylation sites (N-methyl/N-ethyl adjacent to an activating group) is 1. The fraction of sp³-hybridized carbons (Fsp3) is 1.00. The minimum Gasteiger partial charge on any atom is -0.326 e. The molecule has 1 aliphatic rings. The topological polar surface area (TPSA) is 29.3 Å². The van der Waals surface area contributed by atoms with Crippen LogP contribution in [0.4, 0.5) is 0 Å². The van der Waals surface area contributed by atoms with Gasteiger partial charge in [0.25, 0.3) is 0 Å². The van der Waals surface area contributed by atoms with Crippen molar-refractivity contribution in [2.24, 2.45) is 5.73 Å². The van der Waals surface area contributed by atoms with Gasteiger partial charge in [0.15, 0.2) is 0 Å². The Morgan fingerprint density at radius 2 is 1.91 bits per heavy atom. The zero-order valence-corrected chi connectivity index (χ0v) is 8.14. The third-order valence-corrected chi connectivity index (χ3v) is 1.76. The highest BCUT2D eigenvalue weighted by molar-refractivity contribution is 4.76. The zero-order chi connectivity index (χ0) is 8.69. The van der Waals surface area contributed by atoms with Crippen LogP contribution in [0.3, 0.4) is 0 Å². The third-order valence-electron chi connectivity index (χ3n) is 1.76. The third kappa shape index (κ3) is 5.22. The lowest BCUT2D eigenvalue weighted by Gasteiger charge is -2.09. The van der Waals surface area contributed by atoms with Crippen molar-refractivity contribution in [2.75, 3.05) is 19.6 Å². The standard InChI is InChI=1S/C6H14N2.C3H8/c1-2-8-4-3-6(7)5-8;1-3-2/h6H,2-5,7H2,1H3;3H2,1-2H3. The molecular formula is C9H22N2. The van der Waals surface area contributed by atoms with Crippen molar-refractivity contribution in [1.29, 1.82) is 0 Å². The predicted molar refractivity (Wildman–Crippen MR) is 50.7 cm³/mol. The van der Waals surface area contributed by atoms with Crippen LogP contribution in [0.15, 0.2) is 0 Å². The average molecular weight is 158 g/mol. The van der Waals surface area contributed by atoms with Gasteiger partial charge in [-0.1, -0.05) is 27.2 Å². The molecule has 1 heterocycles. The Labute approximate surface area is 70.8 Å². The monoisotopic (exact) mass is 158 g/mol. The fourth-order valence-corrected chi connectivity index (χ4v) is 1.15. The molecule has 0 radical (unpaired) electrons. The van der Waals surface area contributed by atoms with Gasteiger partial charge >= 0.3 is 0 Å². The molecule has 0 aromatic heterocycles. The van der Waals surface area contributed by atoms with Crippen molar-refractivity contribution in [3.8, 4) is 0 Å². The molecule has 68 valence electrons. The number of likely N-dealkylation sites (tertiary alicyclic amines) is 1. The second-order valence-electron chi connectivity index (χ2n) is 3.15. The van der Waals surface area contributed by atoms with Gasteiger partial charge in [-0.25, -0.2) is 0 Å². The van der Waals surface area contributed by atoms with E-state index in [1.807, 2.05) is 0 Å². The summed E-state index contributed by atoms with van der Waals surface area (Å²) in [5.74, 6) is 0. The van der Waals surface area contributed by atoms with Gasteiger partial charge < -0.3 is 10.6 Å². The molecule has 0 bridgehead atoms. The van der Waals surface area contributed by atoms with E-state index in [-0.39, 0.29) is 0 Å². The van der Waals surface area contributed by atoms with Crippen molar-refractivity contribution >= 4 is 0 Å². The number of hydrogen-bond acceptors (Lipinski definition) is 2. The molecule has 2 N–H and O–H groups in total. The van der Waals surface area contributed by atoms with Crippen LogP contribution in [0.1, 0.15) is 33.6 Å². The van der Waals surface area contributed by atoms with Gasteiger partial charge in [0.2, 0.25) is 0 Å². The van der Waals surface area contributed by atoms with Gasteiger partial charge in [-0.3, -0.25) is 0 Å². The van der Waals surface area contributed by atoms with Crippen LogP contribution < -0.4 is 5.73 Å². The lowest BCUT2D eigenvalue weighted by molar-refractivity contribution is 0.354. The molecule has 1 fully saturated rings. The van der Waals surface area contributed by atoms with Crippen molar-refractivity contribution in [3.63, 3.8) is 0 Å². The van der Waals surface area contributed by atoms with Gasteiger partial charge in [-0.05, 0) is 19.5 Å². The van der Waals surface area contributed by atoms with Crippen LogP contribution in [-0.4, -0.2) is 30.6 Å². The molecule has 1 unspecified atom stereocenters. The number of hydrogen-bond donors (Lipinski definition) is 1. The summed E-state index contributed by atoms with van der Waals surface area (Å²) in [5.41, 5.74) is 5.66. The zero-order valence-electron chi connectivity index (χ0n) is 8.14. The molecule has 0 aromatic carbocycles. The van der Waals surface area contributed by atoms with Gasteiger partial charge in [0.05, 0.1) is 0 Å². The Kier molecular flexibility index (Phi) is 6.57. The highest BCUT2D eigenvalue weighted by Gasteiger charge is 2.16. The second-order valence-corrected chi connectivity index (χ2v) is 3.15. The molecule has 1 atom stereocenters. The van der Waals surface area contributed by atoms with E-state index in [9.17, 15) is 0 Å². The van der Waals surface area contributed by atoms with Crippen LogP contribution in [-0.2, 0) is 0 Å². The van der Waals surface area contributed by atoms with Crippen molar-refractivity contribution < 1.29 is 0 Å². The lowest BCUT2D eigenvalue weighted by Crippen LogP contribution is -2.26. The molecule has 0 saturated carbocycles. The first-order chi connectivity index (χ1) is 5.24. The molecule has 0 spiro atoms. The first kappa shape index (κ1) is 10.9. The number of nitrogens with two attached hydrogens (primary N) is 1. The maximum absolute atomic E-state index is 5.66. The Balaban J connectivity index is 0.000000292. The predicted octanol–water partition coefficient (Wildman–Crippen LogP) is 1.46. The van der Waals surface area contributed by atoms with Gasteiger partial charge in [0, 0.05) is 12.6 Å². The summed E-state index contributed by atoms with van der Waals surface area (Å²) < 4.78 is 0. The van der Waals surface area contributed by atoms with E-state index in [1.54, 1.807) is 0 Å². The van der Waals surface area contributed by atoms with Gasteiger partial charge in [-0.2, -0.15) is 0 Å². The molecule has 1 aliphatic heterocycles. The first-order valence-electron chi connectivity index (χ1n) is 4.72. The molecule has 11 heavy (non-hydrogen) atoms. The van der Waals surface area contributed by atoms with E-state index >= 15 is 0 Å². The maximum atomic E-state index is 5.66. The van der Waals surface area contributed by atoms with E-state index in [1.165, 1.54) is 19.4 Å². The van der Waals surface area contributed by atoms with Crippen molar-refractivity contribution in [3.05, 3.63) is 0 Å². The SMILES string of the molecule is CCC.CCN1CCC(N)C1. The molecule has 2 heteroatoms. The Morgan fingerprint density at radius 3 is 2.09 bits per heavy atom. The molecule has 0 aliphatic carbocycles. The molecule has 1 rings (SSSR count). The van der Waals surface area contributed by atoms with E-state index in [4.69, 9.17) is 5.73 Å². The minimum absolute atomic E-state index is 0.454. The summed E-state index contributed by atoms with van der Waals surface area (Å²) >= 11 is 0. The first-order valence-corrected chi connectivity index (χ1v) is 4.72. The Morgan fingerprint density at radius 1 is 1.36 bits per heavy atom. The average Bonchev–Trinajstić information content (AvgIpc) is 2.37. The summed E-state index contributed by atoms with van der Waals surface area (Å²) in [4.78, 5) is 2.38. The normalized spacial score (nSPS) is 24.5. The van der Waals surface area contributed by atoms with Crippen LogP contribution in [0, 0.1) is 0 Å². The summed E-state index contributed by atoms with van der Waals surface area (Å²) in [5, 5.41) is 0. The maximum Gasteiger partial charge on any atom is 0.0180 e. The minimum atomic E-state index is 0.454. The summed E-state index contributed by atoms with van der Waals surface area (Å²) in [6.07, 6.45) is 2.44. The van der Waals surface area contributed by atoms with Crippen LogP contribution in [0.5, 0.6) is 0 Å². The number of rotatable bonds is 1. The fourth-order valence-electron chi connectivity index (χ4n) is 1.15. The highest BCUT2D eigenvalue weighted by Crippen LogP contribution is 2.04. The second kappa shape index (κ2) is 6.62.